The van der Waals surface area contributed by atoms with Crippen LogP contribution in [-0.4, -0.2) is 84.4 Å². The summed E-state index contributed by atoms with van der Waals surface area (Å²) in [5, 5.41) is 35.8. The number of hydrogen-bond acceptors (Lipinski definition) is 8. The lowest BCUT2D eigenvalue weighted by Crippen LogP contribution is -2.43. The van der Waals surface area contributed by atoms with E-state index in [1.165, 1.54) is 12.1 Å². The van der Waals surface area contributed by atoms with Gasteiger partial charge in [0.05, 0.1) is 17.9 Å². The highest BCUT2D eigenvalue weighted by molar-refractivity contribution is 5.97. The molecule has 5 aromatic rings. The van der Waals surface area contributed by atoms with Gasteiger partial charge in [-0.3, -0.25) is 24.0 Å². The quantitative estimate of drug-likeness (QED) is 0.0670. The smallest absolute Gasteiger partial charge is 0.308 e. The molecule has 6 N–H and O–H groups in total. The number of amides is 2. The summed E-state index contributed by atoms with van der Waals surface area (Å²) < 4.78 is 0. The third-order valence-corrected chi connectivity index (χ3v) is 12.5. The SMILES string of the molecule is C.CC(=N)c1ccc(O)c(/C=C/C2CCCN2C(=O)C2C=CC(c3ccc(=O)[nH]c3)=CC2)c1.CC(=N)c1cccc(CC(C(=O)O)C2CCCN2C(=O)c2ccc(-c3ccc(=O)[nH]c3)cc2)c1. The van der Waals surface area contributed by atoms with E-state index < -0.39 is 17.9 Å². The van der Waals surface area contributed by atoms with Gasteiger partial charge in [0.15, 0.2) is 0 Å². The van der Waals surface area contributed by atoms with E-state index >= 15 is 0 Å². The highest BCUT2D eigenvalue weighted by Gasteiger charge is 2.39. The minimum atomic E-state index is -0.921. The number of H-pyrrole nitrogens is 2. The lowest BCUT2D eigenvalue weighted by atomic mass is 9.89. The number of nitrogens with one attached hydrogen (secondary N) is 4. The van der Waals surface area contributed by atoms with E-state index in [-0.39, 0.29) is 48.1 Å². The lowest BCUT2D eigenvalue weighted by Gasteiger charge is -2.30. The van der Waals surface area contributed by atoms with E-state index in [0.29, 0.717) is 48.4 Å². The van der Waals surface area contributed by atoms with Gasteiger partial charge in [-0.05, 0) is 140 Å². The fraction of sp³-hybridized carbons (Fsp3) is 0.278. The van der Waals surface area contributed by atoms with Crippen molar-refractivity contribution in [2.45, 2.75) is 71.9 Å². The summed E-state index contributed by atoms with van der Waals surface area (Å²) in [6.45, 7) is 4.66. The number of likely N-dealkylation sites (tertiary alicyclic amines) is 2. The molecule has 2 amide bonds. The topological polar surface area (TPSA) is 212 Å². The van der Waals surface area contributed by atoms with Gasteiger partial charge in [-0.15, -0.1) is 0 Å². The van der Waals surface area contributed by atoms with Gasteiger partial charge < -0.3 is 40.8 Å². The standard InChI is InChI=1S/C27H27N3O4.C26H27N3O3.CH4/c1-17(28)21-5-2-4-18(14-21)15-23(27(33)34)24-6-3-13-30(24)26(32)20-9-7-19(8-10-20)22-11-12-25(31)29-16-22;1-17(27)20-9-12-24(30)21(15-20)8-11-23-3-2-14-29(23)26(32)19-6-4-18(5-7-19)22-10-13-25(31)28-16-22;/h2,4-5,7-12,14,16,23-24,28H,3,6,13,15H2,1H3,(H,29,31)(H,33,34);4-6,8-13,15-16,19,23,27,30H,2-3,7,14H2,1H3,(H,28,31);1H4/b;11-8+,27-17?;. The number of phenolic OH excluding ortho intramolecular Hbond substituents is 1. The molecule has 3 aromatic carbocycles. The first-order valence-corrected chi connectivity index (χ1v) is 22.2. The maximum Gasteiger partial charge on any atom is 0.308 e. The number of nitrogens with zero attached hydrogens (tertiary/aromatic N) is 2. The summed E-state index contributed by atoms with van der Waals surface area (Å²) in [7, 11) is 0. The first-order chi connectivity index (χ1) is 31.7. The number of aliphatic carboxylic acids is 1. The fourth-order valence-corrected chi connectivity index (χ4v) is 8.82. The summed E-state index contributed by atoms with van der Waals surface area (Å²) in [5.74, 6) is -1.75. The molecule has 0 saturated carbocycles. The first kappa shape index (κ1) is 48.8. The molecule has 4 heterocycles. The zero-order chi connectivity index (χ0) is 46.9. The number of rotatable bonds is 12. The highest BCUT2D eigenvalue weighted by atomic mass is 16.4. The summed E-state index contributed by atoms with van der Waals surface area (Å²) in [6.07, 6.45) is 17.2. The molecule has 346 valence electrons. The zero-order valence-electron chi connectivity index (χ0n) is 37.0. The number of carboxylic acids is 1. The van der Waals surface area contributed by atoms with Gasteiger partial charge in [0.25, 0.3) is 5.91 Å². The number of carboxylic acid groups (broad SMARTS) is 1. The average molecular weight is 903 g/mol. The third-order valence-electron chi connectivity index (χ3n) is 12.5. The van der Waals surface area contributed by atoms with Gasteiger partial charge in [0.1, 0.15) is 5.75 Å². The number of aromatic nitrogens is 2. The molecule has 2 fully saturated rings. The molecule has 3 aliphatic rings. The Morgan fingerprint density at radius 1 is 0.776 bits per heavy atom. The molecule has 2 saturated heterocycles. The second-order valence-electron chi connectivity index (χ2n) is 17.0. The van der Waals surface area contributed by atoms with Crippen molar-refractivity contribution in [3.63, 3.8) is 0 Å². The Hall–Kier alpha value is -7.67. The van der Waals surface area contributed by atoms with Crippen molar-refractivity contribution in [1.29, 1.82) is 10.8 Å². The summed E-state index contributed by atoms with van der Waals surface area (Å²) in [5.41, 5.74) is 7.73. The Bertz CT molecular complexity index is 2820. The van der Waals surface area contributed by atoms with E-state index in [1.807, 2.05) is 71.7 Å². The molecule has 4 unspecified atom stereocenters. The number of hydrogen-bond donors (Lipinski definition) is 6. The van der Waals surface area contributed by atoms with E-state index in [0.717, 1.165) is 64.8 Å². The van der Waals surface area contributed by atoms with Crippen LogP contribution in [0.5, 0.6) is 5.75 Å². The van der Waals surface area contributed by atoms with E-state index in [4.69, 9.17) is 10.8 Å². The number of aromatic amines is 2. The number of carbonyl (C=O) groups excluding carboxylic acids is 2. The van der Waals surface area contributed by atoms with Crippen LogP contribution < -0.4 is 11.1 Å². The van der Waals surface area contributed by atoms with E-state index in [1.54, 1.807) is 73.6 Å². The number of allylic oxidation sites excluding steroid dienone is 3. The minimum Gasteiger partial charge on any atom is -0.507 e. The maximum atomic E-state index is 13.3. The molecule has 2 aliphatic heterocycles. The van der Waals surface area contributed by atoms with Crippen molar-refractivity contribution in [3.8, 4) is 16.9 Å². The van der Waals surface area contributed by atoms with Crippen LogP contribution in [0.15, 0.2) is 137 Å². The van der Waals surface area contributed by atoms with Gasteiger partial charge in [0.2, 0.25) is 17.0 Å². The molecule has 0 bridgehead atoms. The monoisotopic (exact) mass is 902 g/mol. The van der Waals surface area contributed by atoms with Crippen molar-refractivity contribution in [2.75, 3.05) is 13.1 Å². The number of pyridine rings is 2. The van der Waals surface area contributed by atoms with Crippen LogP contribution in [0.4, 0.5) is 0 Å². The van der Waals surface area contributed by atoms with Gasteiger partial charge in [-0.1, -0.05) is 68.1 Å². The predicted molar refractivity (Wildman–Crippen MR) is 264 cm³/mol. The van der Waals surface area contributed by atoms with Gasteiger partial charge in [0, 0.05) is 66.2 Å². The third kappa shape index (κ3) is 12.0. The van der Waals surface area contributed by atoms with Crippen molar-refractivity contribution >= 4 is 40.9 Å². The van der Waals surface area contributed by atoms with Crippen LogP contribution in [-0.2, 0) is 16.0 Å². The number of aromatic hydroxyl groups is 1. The van der Waals surface area contributed by atoms with E-state index in [9.17, 15) is 34.2 Å². The molecule has 0 radical (unpaired) electrons. The fourth-order valence-electron chi connectivity index (χ4n) is 8.82. The highest BCUT2D eigenvalue weighted by Crippen LogP contribution is 2.31. The zero-order valence-corrected chi connectivity index (χ0v) is 37.0. The van der Waals surface area contributed by atoms with Crippen molar-refractivity contribution in [3.05, 3.63) is 182 Å². The van der Waals surface area contributed by atoms with Crippen LogP contribution in [0, 0.1) is 22.7 Å². The van der Waals surface area contributed by atoms with Crippen LogP contribution in [0.25, 0.3) is 22.8 Å². The summed E-state index contributed by atoms with van der Waals surface area (Å²) in [4.78, 5) is 70.3. The number of carbonyl (C=O) groups is 3. The molecule has 8 rings (SSSR count). The molecule has 13 heteroatoms. The predicted octanol–water partition coefficient (Wildman–Crippen LogP) is 8.75. The van der Waals surface area contributed by atoms with Gasteiger partial charge in [-0.25, -0.2) is 0 Å². The maximum absolute atomic E-state index is 13.3. The largest absolute Gasteiger partial charge is 0.507 e. The normalized spacial score (nSPS) is 18.1. The second-order valence-corrected chi connectivity index (χ2v) is 17.0. The number of phenols is 1. The summed E-state index contributed by atoms with van der Waals surface area (Å²) in [6, 6.07) is 25.7. The van der Waals surface area contributed by atoms with Gasteiger partial charge >= 0.3 is 5.97 Å². The van der Waals surface area contributed by atoms with Crippen molar-refractivity contribution in [2.24, 2.45) is 11.8 Å². The Labute approximate surface area is 390 Å². The average Bonchev–Trinajstić information content (AvgIpc) is 4.01. The van der Waals surface area contributed by atoms with Crippen molar-refractivity contribution < 1.29 is 24.6 Å². The minimum absolute atomic E-state index is 0. The molecule has 13 nitrogen and oxygen atoms in total. The van der Waals surface area contributed by atoms with Crippen LogP contribution in [0.3, 0.4) is 0 Å². The summed E-state index contributed by atoms with van der Waals surface area (Å²) >= 11 is 0. The van der Waals surface area contributed by atoms with E-state index in [2.05, 4.69) is 9.97 Å². The molecule has 2 aromatic heterocycles. The molecular weight excluding hydrogens is 845 g/mol. The Morgan fingerprint density at radius 2 is 1.40 bits per heavy atom. The van der Waals surface area contributed by atoms with Crippen molar-refractivity contribution in [1.82, 2.24) is 19.8 Å². The van der Waals surface area contributed by atoms with Crippen LogP contribution in [0.1, 0.15) is 91.6 Å². The molecule has 67 heavy (non-hydrogen) atoms. The molecular formula is C54H58N6O7. The van der Waals surface area contributed by atoms with Crippen LogP contribution >= 0.6 is 0 Å². The Kier molecular flexibility index (Phi) is 16.0. The molecule has 0 spiro atoms. The second kappa shape index (κ2) is 22.0. The number of benzene rings is 3. The lowest BCUT2D eigenvalue weighted by molar-refractivity contribution is -0.143. The molecule has 4 atom stereocenters. The molecule has 1 aliphatic carbocycles. The Morgan fingerprint density at radius 3 is 2.03 bits per heavy atom. The van der Waals surface area contributed by atoms with Gasteiger partial charge in [-0.2, -0.15) is 0 Å². The first-order valence-electron chi connectivity index (χ1n) is 22.2. The van der Waals surface area contributed by atoms with Crippen LogP contribution in [0.2, 0.25) is 0 Å². The Balaban J connectivity index is 0.000000218.